The Morgan fingerprint density at radius 3 is 2.87 bits per heavy atom. The predicted molar refractivity (Wildman–Crippen MR) is 68.5 cm³/mol. The summed E-state index contributed by atoms with van der Waals surface area (Å²) in [6, 6.07) is 0.618. The van der Waals surface area contributed by atoms with Gasteiger partial charge < -0.3 is 5.32 Å². The minimum Gasteiger partial charge on any atom is -0.362 e. The number of thioether (sulfide) groups is 1. The van der Waals surface area contributed by atoms with Crippen LogP contribution in [0.2, 0.25) is 0 Å². The lowest BCUT2D eigenvalue weighted by Gasteiger charge is -2.22. The van der Waals surface area contributed by atoms with Gasteiger partial charge in [0.15, 0.2) is 5.17 Å². The van der Waals surface area contributed by atoms with Crippen molar-refractivity contribution in [2.45, 2.75) is 45.6 Å². The van der Waals surface area contributed by atoms with E-state index in [1.165, 1.54) is 36.6 Å². The van der Waals surface area contributed by atoms with Crippen molar-refractivity contribution in [3.05, 3.63) is 0 Å². The Balaban J connectivity index is 1.77. The van der Waals surface area contributed by atoms with Crippen molar-refractivity contribution in [2.75, 3.05) is 12.3 Å². The first-order chi connectivity index (χ1) is 7.24. The van der Waals surface area contributed by atoms with Crippen LogP contribution in [0.5, 0.6) is 0 Å². The Hall–Kier alpha value is -0.180. The zero-order chi connectivity index (χ0) is 10.7. The molecule has 86 valence electrons. The van der Waals surface area contributed by atoms with E-state index in [1.807, 2.05) is 11.8 Å². The molecule has 1 heterocycles. The van der Waals surface area contributed by atoms with E-state index < -0.39 is 0 Å². The molecule has 1 aliphatic carbocycles. The van der Waals surface area contributed by atoms with Gasteiger partial charge in [0.05, 0.1) is 0 Å². The number of aliphatic imine (C=N–C) groups is 1. The molecule has 3 heteroatoms. The molecule has 0 aromatic heterocycles. The first kappa shape index (κ1) is 11.3. The van der Waals surface area contributed by atoms with Gasteiger partial charge in [-0.2, -0.15) is 0 Å². The van der Waals surface area contributed by atoms with Gasteiger partial charge in [0, 0.05) is 18.3 Å². The van der Waals surface area contributed by atoms with Crippen molar-refractivity contribution in [1.82, 2.24) is 5.32 Å². The van der Waals surface area contributed by atoms with Crippen LogP contribution in [0.15, 0.2) is 4.99 Å². The van der Waals surface area contributed by atoms with Crippen LogP contribution in [0.4, 0.5) is 0 Å². The highest BCUT2D eigenvalue weighted by atomic mass is 32.2. The van der Waals surface area contributed by atoms with Gasteiger partial charge in [0.2, 0.25) is 0 Å². The summed E-state index contributed by atoms with van der Waals surface area (Å²) >= 11 is 1.89. The van der Waals surface area contributed by atoms with Gasteiger partial charge in [-0.05, 0) is 38.0 Å². The number of hydrogen-bond donors (Lipinski definition) is 1. The second-order valence-corrected chi connectivity index (χ2v) is 6.20. The van der Waals surface area contributed by atoms with Crippen LogP contribution in [0, 0.1) is 11.8 Å². The first-order valence-corrected chi connectivity index (χ1v) is 7.16. The van der Waals surface area contributed by atoms with E-state index >= 15 is 0 Å². The Morgan fingerprint density at radius 1 is 1.33 bits per heavy atom. The third-order valence-corrected chi connectivity index (χ3v) is 4.42. The van der Waals surface area contributed by atoms with E-state index in [0.717, 1.165) is 18.4 Å². The monoisotopic (exact) mass is 226 g/mol. The van der Waals surface area contributed by atoms with Crippen LogP contribution >= 0.6 is 11.8 Å². The molecule has 0 bridgehead atoms. The van der Waals surface area contributed by atoms with Crippen molar-refractivity contribution in [2.24, 2.45) is 16.8 Å². The van der Waals surface area contributed by atoms with Crippen LogP contribution in [0.25, 0.3) is 0 Å². The fraction of sp³-hybridized carbons (Fsp3) is 0.917. The lowest BCUT2D eigenvalue weighted by Crippen LogP contribution is -2.35. The van der Waals surface area contributed by atoms with E-state index in [1.54, 1.807) is 0 Å². The summed E-state index contributed by atoms with van der Waals surface area (Å²) in [4.78, 5) is 4.72. The Morgan fingerprint density at radius 2 is 2.20 bits per heavy atom. The van der Waals surface area contributed by atoms with Crippen LogP contribution in [0.1, 0.15) is 39.5 Å². The summed E-state index contributed by atoms with van der Waals surface area (Å²) in [5.74, 6) is 3.02. The molecule has 1 aliphatic heterocycles. The molecule has 2 rings (SSSR count). The molecule has 0 radical (unpaired) electrons. The zero-order valence-electron chi connectivity index (χ0n) is 9.83. The lowest BCUT2D eigenvalue weighted by molar-refractivity contribution is 0.524. The average molecular weight is 226 g/mol. The maximum absolute atomic E-state index is 4.72. The van der Waals surface area contributed by atoms with Crippen LogP contribution < -0.4 is 5.32 Å². The van der Waals surface area contributed by atoms with E-state index in [4.69, 9.17) is 4.99 Å². The molecular formula is C12H22N2S. The minimum absolute atomic E-state index is 0.618. The smallest absolute Gasteiger partial charge is 0.156 e. The topological polar surface area (TPSA) is 24.4 Å². The zero-order valence-corrected chi connectivity index (χ0v) is 10.6. The third-order valence-electron chi connectivity index (χ3n) is 3.46. The van der Waals surface area contributed by atoms with Gasteiger partial charge >= 0.3 is 0 Å². The molecule has 0 amide bonds. The highest BCUT2D eigenvalue weighted by Crippen LogP contribution is 2.30. The summed E-state index contributed by atoms with van der Waals surface area (Å²) in [7, 11) is 0. The fourth-order valence-corrected chi connectivity index (χ4v) is 3.57. The van der Waals surface area contributed by atoms with Gasteiger partial charge in [0.1, 0.15) is 0 Å². The number of nitrogens with one attached hydrogen (secondary N) is 1. The molecule has 2 aliphatic rings. The fourth-order valence-electron chi connectivity index (χ4n) is 2.45. The molecule has 1 saturated heterocycles. The predicted octanol–water partition coefficient (Wildman–Crippen LogP) is 2.89. The second kappa shape index (κ2) is 5.24. The Bertz CT molecular complexity index is 240. The molecule has 2 nitrogen and oxygen atoms in total. The summed E-state index contributed by atoms with van der Waals surface area (Å²) in [5.41, 5.74) is 0. The number of nitrogens with zero attached hydrogens (tertiary/aromatic N) is 1. The van der Waals surface area contributed by atoms with Crippen LogP contribution in [-0.2, 0) is 0 Å². The van der Waals surface area contributed by atoms with Crippen molar-refractivity contribution in [3.63, 3.8) is 0 Å². The highest BCUT2D eigenvalue weighted by molar-refractivity contribution is 8.13. The summed E-state index contributed by atoms with van der Waals surface area (Å²) < 4.78 is 0. The molecule has 1 N–H and O–H groups in total. The van der Waals surface area contributed by atoms with Crippen molar-refractivity contribution < 1.29 is 0 Å². The molecule has 0 aromatic carbocycles. The number of hydrogen-bond acceptors (Lipinski definition) is 2. The highest BCUT2D eigenvalue weighted by Gasteiger charge is 2.21. The molecule has 2 fully saturated rings. The summed E-state index contributed by atoms with van der Waals surface area (Å²) in [6.45, 7) is 5.65. The van der Waals surface area contributed by atoms with Crippen molar-refractivity contribution in [1.29, 1.82) is 0 Å². The molecule has 0 aromatic rings. The van der Waals surface area contributed by atoms with E-state index in [-0.39, 0.29) is 0 Å². The van der Waals surface area contributed by atoms with Crippen molar-refractivity contribution in [3.8, 4) is 0 Å². The van der Waals surface area contributed by atoms with E-state index in [0.29, 0.717) is 6.04 Å². The largest absolute Gasteiger partial charge is 0.362 e. The molecule has 3 atom stereocenters. The lowest BCUT2D eigenvalue weighted by atomic mass is 10.1. The average Bonchev–Trinajstić information content (AvgIpc) is 2.62. The molecule has 1 saturated carbocycles. The molecule has 0 spiro atoms. The maximum Gasteiger partial charge on any atom is 0.156 e. The Kier molecular flexibility index (Phi) is 3.95. The maximum atomic E-state index is 4.72. The van der Waals surface area contributed by atoms with Gasteiger partial charge in [-0.15, -0.1) is 0 Å². The quantitative estimate of drug-likeness (QED) is 0.783. The van der Waals surface area contributed by atoms with Gasteiger partial charge in [-0.25, -0.2) is 0 Å². The van der Waals surface area contributed by atoms with Gasteiger partial charge in [-0.3, -0.25) is 4.99 Å². The van der Waals surface area contributed by atoms with E-state index in [2.05, 4.69) is 19.2 Å². The number of amidine groups is 1. The summed E-state index contributed by atoms with van der Waals surface area (Å²) in [6.07, 6.45) is 5.45. The normalized spacial score (nSPS) is 39.3. The SMILES string of the molecule is CC1CCC(CN=C2NC(C)CCS2)C1. The van der Waals surface area contributed by atoms with Gasteiger partial charge in [-0.1, -0.05) is 25.1 Å². The van der Waals surface area contributed by atoms with Gasteiger partial charge in [0.25, 0.3) is 0 Å². The first-order valence-electron chi connectivity index (χ1n) is 6.18. The standard InChI is InChI=1S/C12H22N2S/c1-9-3-4-11(7-9)8-13-12-14-10(2)5-6-15-12/h9-11H,3-8H2,1-2H3,(H,13,14). The summed E-state index contributed by atoms with van der Waals surface area (Å²) in [5, 5.41) is 4.65. The third kappa shape index (κ3) is 3.40. The molecular weight excluding hydrogens is 204 g/mol. The number of rotatable bonds is 2. The molecule has 3 unspecified atom stereocenters. The minimum atomic E-state index is 0.618. The van der Waals surface area contributed by atoms with Crippen molar-refractivity contribution >= 4 is 16.9 Å². The second-order valence-electron chi connectivity index (χ2n) is 5.11. The Labute approximate surface area is 97.3 Å². The molecule has 15 heavy (non-hydrogen) atoms. The van der Waals surface area contributed by atoms with Crippen LogP contribution in [0.3, 0.4) is 0 Å². The van der Waals surface area contributed by atoms with E-state index in [9.17, 15) is 0 Å². The van der Waals surface area contributed by atoms with Crippen LogP contribution in [-0.4, -0.2) is 23.5 Å².